The molecule has 0 saturated heterocycles. The summed E-state index contributed by atoms with van der Waals surface area (Å²) in [5.41, 5.74) is 1.98. The van der Waals surface area contributed by atoms with Gasteiger partial charge in [-0.25, -0.2) is 0 Å². The van der Waals surface area contributed by atoms with Gasteiger partial charge in [0, 0.05) is 18.7 Å². The Bertz CT molecular complexity index is 351. The second kappa shape index (κ2) is 5.35. The van der Waals surface area contributed by atoms with E-state index in [1.54, 1.807) is 6.08 Å². The summed E-state index contributed by atoms with van der Waals surface area (Å²) < 4.78 is 0. The van der Waals surface area contributed by atoms with Crippen molar-refractivity contribution in [2.45, 2.75) is 13.8 Å². The Kier molecular flexibility index (Phi) is 4.10. The molecule has 1 rings (SSSR count). The number of nitrogens with zero attached hydrogens (tertiary/aromatic N) is 1. The molecular formula is C13H18N2. The molecule has 0 fully saturated rings. The number of rotatable bonds is 4. The van der Waals surface area contributed by atoms with E-state index in [2.05, 4.69) is 20.4 Å². The van der Waals surface area contributed by atoms with Crippen LogP contribution in [0.1, 0.15) is 25.0 Å². The van der Waals surface area contributed by atoms with E-state index >= 15 is 0 Å². The highest BCUT2D eigenvalue weighted by molar-refractivity contribution is 5.99. The molecule has 1 aromatic rings. The Morgan fingerprint density at radius 2 is 1.93 bits per heavy atom. The smallest absolute Gasteiger partial charge is 0.128 e. The zero-order valence-corrected chi connectivity index (χ0v) is 9.46. The van der Waals surface area contributed by atoms with Crippen LogP contribution in [0.5, 0.6) is 0 Å². The SMILES string of the molecule is C=Cc1ccccc1C(=N)N(CC)CC. The zero-order valence-electron chi connectivity index (χ0n) is 9.46. The summed E-state index contributed by atoms with van der Waals surface area (Å²) in [5.74, 6) is 0.579. The first-order chi connectivity index (χ1) is 7.24. The molecule has 0 atom stereocenters. The largest absolute Gasteiger partial charge is 0.357 e. The summed E-state index contributed by atoms with van der Waals surface area (Å²) in [6.45, 7) is 9.62. The molecule has 1 N–H and O–H groups in total. The Morgan fingerprint density at radius 3 is 2.47 bits per heavy atom. The lowest BCUT2D eigenvalue weighted by atomic mass is 10.1. The Balaban J connectivity index is 3.04. The van der Waals surface area contributed by atoms with E-state index in [1.165, 1.54) is 0 Å². The van der Waals surface area contributed by atoms with Gasteiger partial charge >= 0.3 is 0 Å². The first-order valence-corrected chi connectivity index (χ1v) is 5.29. The van der Waals surface area contributed by atoms with Crippen LogP contribution in [-0.2, 0) is 0 Å². The lowest BCUT2D eigenvalue weighted by molar-refractivity contribution is 0.463. The first kappa shape index (κ1) is 11.5. The van der Waals surface area contributed by atoms with E-state index in [1.807, 2.05) is 29.2 Å². The number of benzene rings is 1. The standard InChI is InChI=1S/C13H18N2/c1-4-11-9-7-8-10-12(11)13(14)15(5-2)6-3/h4,7-10,14H,1,5-6H2,2-3H3. The molecule has 0 spiro atoms. The van der Waals surface area contributed by atoms with Gasteiger partial charge in [-0.15, -0.1) is 0 Å². The monoisotopic (exact) mass is 202 g/mol. The van der Waals surface area contributed by atoms with E-state index in [9.17, 15) is 0 Å². The topological polar surface area (TPSA) is 27.1 Å². The fourth-order valence-electron chi connectivity index (χ4n) is 1.60. The summed E-state index contributed by atoms with van der Waals surface area (Å²) in [4.78, 5) is 2.03. The van der Waals surface area contributed by atoms with Crippen LogP contribution in [0.2, 0.25) is 0 Å². The van der Waals surface area contributed by atoms with Gasteiger partial charge in [-0.1, -0.05) is 36.9 Å². The third-order valence-corrected chi connectivity index (χ3v) is 2.52. The quantitative estimate of drug-likeness (QED) is 0.589. The van der Waals surface area contributed by atoms with Crippen molar-refractivity contribution in [1.29, 1.82) is 5.41 Å². The normalized spacial score (nSPS) is 9.73. The molecule has 80 valence electrons. The molecule has 15 heavy (non-hydrogen) atoms. The van der Waals surface area contributed by atoms with Crippen molar-refractivity contribution in [3.63, 3.8) is 0 Å². The lowest BCUT2D eigenvalue weighted by Crippen LogP contribution is -2.30. The van der Waals surface area contributed by atoms with Crippen molar-refractivity contribution in [2.75, 3.05) is 13.1 Å². The summed E-state index contributed by atoms with van der Waals surface area (Å²) in [7, 11) is 0. The third-order valence-electron chi connectivity index (χ3n) is 2.52. The molecule has 0 unspecified atom stereocenters. The molecule has 0 aromatic heterocycles. The predicted molar refractivity (Wildman–Crippen MR) is 66.3 cm³/mol. The van der Waals surface area contributed by atoms with E-state index in [0.29, 0.717) is 5.84 Å². The van der Waals surface area contributed by atoms with Crippen molar-refractivity contribution < 1.29 is 0 Å². The van der Waals surface area contributed by atoms with Gasteiger partial charge in [-0.3, -0.25) is 5.41 Å². The van der Waals surface area contributed by atoms with Gasteiger partial charge in [0.1, 0.15) is 5.84 Å². The average Bonchev–Trinajstić information content (AvgIpc) is 2.30. The fraction of sp³-hybridized carbons (Fsp3) is 0.308. The van der Waals surface area contributed by atoms with Crippen molar-refractivity contribution >= 4 is 11.9 Å². The van der Waals surface area contributed by atoms with Crippen molar-refractivity contribution in [2.24, 2.45) is 0 Å². The fourth-order valence-corrected chi connectivity index (χ4v) is 1.60. The zero-order chi connectivity index (χ0) is 11.3. The van der Waals surface area contributed by atoms with E-state index in [0.717, 1.165) is 24.2 Å². The van der Waals surface area contributed by atoms with Gasteiger partial charge < -0.3 is 4.90 Å². The number of hydrogen-bond donors (Lipinski definition) is 1. The molecule has 0 aliphatic heterocycles. The summed E-state index contributed by atoms with van der Waals surface area (Å²) >= 11 is 0. The molecular weight excluding hydrogens is 184 g/mol. The number of amidine groups is 1. The third kappa shape index (κ3) is 2.46. The Morgan fingerprint density at radius 1 is 1.33 bits per heavy atom. The van der Waals surface area contributed by atoms with Crippen molar-refractivity contribution in [1.82, 2.24) is 4.90 Å². The van der Waals surface area contributed by atoms with E-state index in [4.69, 9.17) is 5.41 Å². The second-order valence-electron chi connectivity index (χ2n) is 3.31. The van der Waals surface area contributed by atoms with Gasteiger partial charge in [0.15, 0.2) is 0 Å². The molecule has 0 aliphatic rings. The minimum absolute atomic E-state index is 0.579. The number of nitrogens with one attached hydrogen (secondary N) is 1. The number of hydrogen-bond acceptors (Lipinski definition) is 1. The summed E-state index contributed by atoms with van der Waals surface area (Å²) in [5, 5.41) is 8.11. The van der Waals surface area contributed by atoms with E-state index in [-0.39, 0.29) is 0 Å². The maximum atomic E-state index is 8.11. The lowest BCUT2D eigenvalue weighted by Gasteiger charge is -2.22. The van der Waals surface area contributed by atoms with Crippen LogP contribution in [0.25, 0.3) is 6.08 Å². The van der Waals surface area contributed by atoms with Gasteiger partial charge in [-0.2, -0.15) is 0 Å². The Labute approximate surface area is 91.7 Å². The van der Waals surface area contributed by atoms with Gasteiger partial charge in [0.05, 0.1) is 0 Å². The molecule has 2 heteroatoms. The summed E-state index contributed by atoms with van der Waals surface area (Å²) in [6, 6.07) is 7.88. The highest BCUT2D eigenvalue weighted by Crippen LogP contribution is 2.12. The second-order valence-corrected chi connectivity index (χ2v) is 3.31. The predicted octanol–water partition coefficient (Wildman–Crippen LogP) is 3.00. The molecule has 0 saturated carbocycles. The minimum Gasteiger partial charge on any atom is -0.357 e. The van der Waals surface area contributed by atoms with Crippen LogP contribution in [-0.4, -0.2) is 23.8 Å². The van der Waals surface area contributed by atoms with Crippen LogP contribution in [0.3, 0.4) is 0 Å². The van der Waals surface area contributed by atoms with Gasteiger partial charge in [0.2, 0.25) is 0 Å². The molecule has 0 amide bonds. The van der Waals surface area contributed by atoms with Crippen molar-refractivity contribution in [3.05, 3.63) is 42.0 Å². The molecule has 0 radical (unpaired) electrons. The molecule has 2 nitrogen and oxygen atoms in total. The Hall–Kier alpha value is -1.57. The van der Waals surface area contributed by atoms with Crippen molar-refractivity contribution in [3.8, 4) is 0 Å². The molecule has 0 aliphatic carbocycles. The van der Waals surface area contributed by atoms with Crippen LogP contribution < -0.4 is 0 Å². The molecule has 1 aromatic carbocycles. The maximum absolute atomic E-state index is 8.11. The van der Waals surface area contributed by atoms with Crippen LogP contribution in [0.15, 0.2) is 30.8 Å². The highest BCUT2D eigenvalue weighted by Gasteiger charge is 2.10. The van der Waals surface area contributed by atoms with Crippen LogP contribution in [0, 0.1) is 5.41 Å². The molecule has 0 bridgehead atoms. The molecule has 0 heterocycles. The van der Waals surface area contributed by atoms with Crippen LogP contribution >= 0.6 is 0 Å². The summed E-state index contributed by atoms with van der Waals surface area (Å²) in [6.07, 6.45) is 1.80. The first-order valence-electron chi connectivity index (χ1n) is 5.29. The average molecular weight is 202 g/mol. The highest BCUT2D eigenvalue weighted by atomic mass is 15.2. The van der Waals surface area contributed by atoms with E-state index < -0.39 is 0 Å². The minimum atomic E-state index is 0.579. The van der Waals surface area contributed by atoms with Gasteiger partial charge in [-0.05, 0) is 19.4 Å². The van der Waals surface area contributed by atoms with Gasteiger partial charge in [0.25, 0.3) is 0 Å². The maximum Gasteiger partial charge on any atom is 0.128 e. The van der Waals surface area contributed by atoms with Crippen LogP contribution in [0.4, 0.5) is 0 Å².